The molecule has 0 bridgehead atoms. The van der Waals surface area contributed by atoms with Crippen LogP contribution in [0.3, 0.4) is 0 Å². The molecule has 0 amide bonds. The number of benzene rings is 2. The van der Waals surface area contributed by atoms with Crippen molar-refractivity contribution in [2.45, 2.75) is 27.7 Å². The summed E-state index contributed by atoms with van der Waals surface area (Å²) in [6.07, 6.45) is 0. The van der Waals surface area contributed by atoms with Gasteiger partial charge in [-0.05, 0) is 87.4 Å². The SMILES string of the molecule is CC(=Nc1ccc(Br)c(C)c1)c1cccc(C(C)=Nc2ccc(Br)c(C)c2)n1.[Cl][Fe][Cl]. The number of rotatable bonds is 4. The van der Waals surface area contributed by atoms with Crippen molar-refractivity contribution >= 4 is 74.9 Å². The summed E-state index contributed by atoms with van der Waals surface area (Å²) in [7, 11) is 9.53. The van der Waals surface area contributed by atoms with E-state index in [9.17, 15) is 0 Å². The molecule has 1 heterocycles. The molecule has 0 aliphatic carbocycles. The van der Waals surface area contributed by atoms with Gasteiger partial charge >= 0.3 is 33.3 Å². The molecule has 3 nitrogen and oxygen atoms in total. The summed E-state index contributed by atoms with van der Waals surface area (Å²) in [6, 6.07) is 18.1. The Kier molecular flexibility index (Phi) is 10.9. The van der Waals surface area contributed by atoms with Gasteiger partial charge in [-0.2, -0.15) is 0 Å². The maximum atomic E-state index is 4.76. The summed E-state index contributed by atoms with van der Waals surface area (Å²) in [6.45, 7) is 8.07. The van der Waals surface area contributed by atoms with Crippen LogP contribution >= 0.6 is 52.1 Å². The van der Waals surface area contributed by atoms with Gasteiger partial charge in [0.2, 0.25) is 0 Å². The van der Waals surface area contributed by atoms with Crippen molar-refractivity contribution in [1.29, 1.82) is 0 Å². The number of aliphatic imine (C=N–C) groups is 2. The van der Waals surface area contributed by atoms with Crippen molar-refractivity contribution in [2.24, 2.45) is 9.98 Å². The fourth-order valence-electron chi connectivity index (χ4n) is 2.74. The quantitative estimate of drug-likeness (QED) is 0.211. The van der Waals surface area contributed by atoms with E-state index >= 15 is 0 Å². The van der Waals surface area contributed by atoms with Crippen LogP contribution in [0.1, 0.15) is 36.4 Å². The zero-order valence-corrected chi connectivity index (χ0v) is 23.2. The first-order valence-electron chi connectivity index (χ1n) is 9.21. The maximum absolute atomic E-state index is 4.76. The van der Waals surface area contributed by atoms with Crippen molar-refractivity contribution in [2.75, 3.05) is 0 Å². The molecular weight excluding hydrogens is 605 g/mol. The summed E-state index contributed by atoms with van der Waals surface area (Å²) in [5.41, 5.74) is 7.58. The Morgan fingerprint density at radius 1 is 0.774 bits per heavy atom. The van der Waals surface area contributed by atoms with Crippen LogP contribution in [0.25, 0.3) is 0 Å². The first kappa shape index (κ1) is 26.2. The summed E-state index contributed by atoms with van der Waals surface area (Å²) >= 11 is 7.24. The predicted molar refractivity (Wildman–Crippen MR) is 137 cm³/mol. The van der Waals surface area contributed by atoms with Crippen LogP contribution in [0, 0.1) is 13.8 Å². The van der Waals surface area contributed by atoms with E-state index in [1.165, 1.54) is 0 Å². The second kappa shape index (κ2) is 12.9. The second-order valence-corrected chi connectivity index (χ2v) is 10.3. The van der Waals surface area contributed by atoms with Gasteiger partial charge in [0.15, 0.2) is 0 Å². The predicted octanol–water partition coefficient (Wildman–Crippen LogP) is 8.88. The minimum atomic E-state index is 0.194. The van der Waals surface area contributed by atoms with Gasteiger partial charge in [0.05, 0.1) is 34.2 Å². The van der Waals surface area contributed by atoms with Crippen molar-refractivity contribution < 1.29 is 13.1 Å². The monoisotopic (exact) mass is 623 g/mol. The Balaban J connectivity index is 0.00000107. The van der Waals surface area contributed by atoms with Crippen molar-refractivity contribution in [3.63, 3.8) is 0 Å². The van der Waals surface area contributed by atoms with Gasteiger partial charge in [-0.15, -0.1) is 0 Å². The van der Waals surface area contributed by atoms with Gasteiger partial charge in [0.25, 0.3) is 0 Å². The van der Waals surface area contributed by atoms with E-state index in [2.05, 4.69) is 57.8 Å². The second-order valence-electron chi connectivity index (χ2n) is 6.72. The van der Waals surface area contributed by atoms with Gasteiger partial charge in [-0.1, -0.05) is 37.9 Å². The topological polar surface area (TPSA) is 37.6 Å². The Morgan fingerprint density at radius 2 is 1.16 bits per heavy atom. The molecule has 0 unspecified atom stereocenters. The Labute approximate surface area is 215 Å². The number of hydrogen-bond donors (Lipinski definition) is 0. The van der Waals surface area contributed by atoms with Gasteiger partial charge < -0.3 is 0 Å². The number of hydrogen-bond acceptors (Lipinski definition) is 3. The third-order valence-electron chi connectivity index (χ3n) is 4.37. The standard InChI is InChI=1S/C23H21Br2N3.2ClH.Fe/c1-14-12-18(8-10-20(14)24)26-16(3)22-6-5-7-23(28-22)17(4)27-19-9-11-21(25)15(2)13-19;;;/h5-13H,1-4H3;2*1H;/q;;;+2/p-2. The number of nitrogens with zero attached hydrogens (tertiary/aromatic N) is 3. The molecule has 1 aromatic heterocycles. The van der Waals surface area contributed by atoms with Crippen LogP contribution in [0.15, 0.2) is 73.5 Å². The normalized spacial score (nSPS) is 11.9. The molecule has 3 rings (SSSR count). The van der Waals surface area contributed by atoms with Crippen LogP contribution in [-0.4, -0.2) is 16.4 Å². The van der Waals surface area contributed by atoms with Gasteiger partial charge in [0, 0.05) is 8.95 Å². The van der Waals surface area contributed by atoms with Crippen LogP contribution in [0.5, 0.6) is 0 Å². The fourth-order valence-corrected chi connectivity index (χ4v) is 3.23. The third-order valence-corrected chi connectivity index (χ3v) is 6.15. The number of pyridine rings is 1. The van der Waals surface area contributed by atoms with E-state index in [1.54, 1.807) is 0 Å². The van der Waals surface area contributed by atoms with E-state index < -0.39 is 0 Å². The molecule has 0 saturated carbocycles. The van der Waals surface area contributed by atoms with E-state index in [4.69, 9.17) is 35.2 Å². The summed E-state index contributed by atoms with van der Waals surface area (Å²) in [5.74, 6) is 0. The fraction of sp³-hybridized carbons (Fsp3) is 0.174. The molecule has 164 valence electrons. The third kappa shape index (κ3) is 8.12. The zero-order chi connectivity index (χ0) is 23.0. The Bertz CT molecular complexity index is 1030. The summed E-state index contributed by atoms with van der Waals surface area (Å²) in [5, 5.41) is 0. The first-order valence-corrected chi connectivity index (χ1v) is 13.8. The van der Waals surface area contributed by atoms with Crippen molar-refractivity contribution in [1.82, 2.24) is 4.98 Å². The van der Waals surface area contributed by atoms with E-state index in [-0.39, 0.29) is 13.1 Å². The zero-order valence-electron chi connectivity index (χ0n) is 17.4. The molecule has 0 atom stereocenters. The summed E-state index contributed by atoms with van der Waals surface area (Å²) < 4.78 is 2.17. The van der Waals surface area contributed by atoms with E-state index in [0.29, 0.717) is 0 Å². The van der Waals surface area contributed by atoms with Gasteiger partial charge in [-0.25, -0.2) is 4.98 Å². The van der Waals surface area contributed by atoms with Crippen molar-refractivity contribution in [3.8, 4) is 0 Å². The molecule has 8 heteroatoms. The first-order chi connectivity index (χ1) is 14.7. The Morgan fingerprint density at radius 3 is 1.52 bits per heavy atom. The van der Waals surface area contributed by atoms with Gasteiger partial charge in [-0.3, -0.25) is 9.98 Å². The van der Waals surface area contributed by atoms with E-state index in [1.807, 2.05) is 56.3 Å². The number of halogens is 4. The molecule has 0 aliphatic rings. The molecule has 2 aromatic carbocycles. The molecular formula is C23H21Br2Cl2FeN3. The molecule has 0 saturated heterocycles. The molecule has 0 radical (unpaired) electrons. The van der Waals surface area contributed by atoms with Crippen LogP contribution < -0.4 is 0 Å². The molecule has 0 N–H and O–H groups in total. The van der Waals surface area contributed by atoms with Crippen LogP contribution in [0.2, 0.25) is 0 Å². The minimum absolute atomic E-state index is 0.194. The molecule has 0 spiro atoms. The molecule has 3 aromatic rings. The summed E-state index contributed by atoms with van der Waals surface area (Å²) in [4.78, 5) is 14.2. The van der Waals surface area contributed by atoms with E-state index in [0.717, 1.165) is 54.3 Å². The molecule has 31 heavy (non-hydrogen) atoms. The van der Waals surface area contributed by atoms with Crippen molar-refractivity contribution in [3.05, 3.63) is 86.1 Å². The van der Waals surface area contributed by atoms with Crippen LogP contribution in [0.4, 0.5) is 11.4 Å². The molecule has 0 fully saturated rings. The van der Waals surface area contributed by atoms with Gasteiger partial charge in [0.1, 0.15) is 0 Å². The molecule has 0 aliphatic heterocycles. The number of aromatic nitrogens is 1. The average molecular weight is 626 g/mol. The Hall–Kier alpha value is -1.01. The number of aryl methyl sites for hydroxylation is 2. The average Bonchev–Trinajstić information content (AvgIpc) is 2.74. The van der Waals surface area contributed by atoms with Crippen LogP contribution in [-0.2, 0) is 13.1 Å².